The second kappa shape index (κ2) is 5.39. The van der Waals surface area contributed by atoms with Crippen LogP contribution in [0.5, 0.6) is 0 Å². The Labute approximate surface area is 128 Å². The molecule has 0 aromatic carbocycles. The Balaban J connectivity index is 2.05. The Morgan fingerprint density at radius 3 is 2.91 bits per heavy atom. The summed E-state index contributed by atoms with van der Waals surface area (Å²) in [4.78, 5) is 16.7. The molecule has 2 aromatic rings. The molecule has 3 rings (SSSR count). The Morgan fingerprint density at radius 2 is 2.18 bits per heavy atom. The number of nitrogens with zero attached hydrogens (tertiary/aromatic N) is 2. The van der Waals surface area contributed by atoms with Crippen molar-refractivity contribution in [1.29, 1.82) is 4.78 Å². The summed E-state index contributed by atoms with van der Waals surface area (Å²) in [5, 5.41) is 2.77. The number of nitrogens with one attached hydrogen (secondary N) is 3. The summed E-state index contributed by atoms with van der Waals surface area (Å²) in [7, 11) is -1.42. The minimum absolute atomic E-state index is 0.322. The quantitative estimate of drug-likeness (QED) is 0.784. The van der Waals surface area contributed by atoms with E-state index in [0.29, 0.717) is 28.4 Å². The Kier molecular flexibility index (Phi) is 3.55. The first kappa shape index (κ1) is 14.5. The lowest BCUT2D eigenvalue weighted by molar-refractivity contribution is 0.101. The summed E-state index contributed by atoms with van der Waals surface area (Å²) in [6.45, 7) is 0.326. The van der Waals surface area contributed by atoms with E-state index in [2.05, 4.69) is 15.0 Å². The number of aromatic nitrogens is 2. The smallest absolute Gasteiger partial charge is 0.272 e. The number of rotatable bonds is 2. The van der Waals surface area contributed by atoms with Gasteiger partial charge in [-0.1, -0.05) is 12.2 Å². The number of pyridine rings is 1. The topological polar surface area (TPSA) is 99.9 Å². The van der Waals surface area contributed by atoms with Crippen LogP contribution >= 0.6 is 0 Å². The predicted molar refractivity (Wildman–Crippen MR) is 83.8 cm³/mol. The van der Waals surface area contributed by atoms with Gasteiger partial charge in [-0.05, 0) is 12.1 Å². The Bertz CT molecular complexity index is 853. The molecule has 0 saturated carbocycles. The molecule has 1 aliphatic rings. The second-order valence-corrected chi connectivity index (χ2v) is 6.70. The molecular formula is C14H15N5O2S. The van der Waals surface area contributed by atoms with E-state index < -0.39 is 9.92 Å². The molecule has 2 aromatic heterocycles. The molecule has 8 heteroatoms. The summed E-state index contributed by atoms with van der Waals surface area (Å²) < 4.78 is 24.6. The molecule has 0 bridgehead atoms. The fourth-order valence-electron chi connectivity index (χ4n) is 2.33. The maximum atomic E-state index is 12.5. The van der Waals surface area contributed by atoms with Crippen LogP contribution in [-0.2, 0) is 17.0 Å². The lowest BCUT2D eigenvalue weighted by Crippen LogP contribution is -2.21. The molecule has 114 valence electrons. The number of hydrogen-bond donors (Lipinski definition) is 3. The van der Waals surface area contributed by atoms with Crippen LogP contribution in [0.3, 0.4) is 0 Å². The fourth-order valence-corrected chi connectivity index (χ4v) is 3.60. The van der Waals surface area contributed by atoms with E-state index >= 15 is 0 Å². The third-order valence-corrected chi connectivity index (χ3v) is 4.85. The van der Waals surface area contributed by atoms with Crippen LogP contribution in [0.15, 0.2) is 41.7 Å². The lowest BCUT2D eigenvalue weighted by Gasteiger charge is -2.07. The zero-order chi connectivity index (χ0) is 15.7. The van der Waals surface area contributed by atoms with Gasteiger partial charge in [-0.25, -0.2) is 13.7 Å². The van der Waals surface area contributed by atoms with Crippen molar-refractivity contribution < 1.29 is 9.00 Å². The number of anilines is 1. The van der Waals surface area contributed by atoms with E-state index in [9.17, 15) is 9.00 Å². The van der Waals surface area contributed by atoms with Gasteiger partial charge in [0.1, 0.15) is 15.6 Å². The van der Waals surface area contributed by atoms with Crippen molar-refractivity contribution in [3.8, 4) is 0 Å². The van der Waals surface area contributed by atoms with E-state index in [0.717, 1.165) is 0 Å². The van der Waals surface area contributed by atoms with Crippen LogP contribution < -0.4 is 10.0 Å². The van der Waals surface area contributed by atoms with Gasteiger partial charge in [0.25, 0.3) is 5.91 Å². The van der Waals surface area contributed by atoms with Gasteiger partial charge in [-0.3, -0.25) is 9.78 Å². The van der Waals surface area contributed by atoms with Crippen LogP contribution in [0.2, 0.25) is 0 Å². The van der Waals surface area contributed by atoms with Gasteiger partial charge < -0.3 is 9.88 Å². The molecule has 0 aliphatic carbocycles. The average molecular weight is 317 g/mol. The highest BCUT2D eigenvalue weighted by atomic mass is 32.2. The van der Waals surface area contributed by atoms with Gasteiger partial charge in [0.05, 0.1) is 4.90 Å². The fraction of sp³-hybridized carbons (Fsp3) is 0.143. The summed E-state index contributed by atoms with van der Waals surface area (Å²) in [5.41, 5.74) is 1.50. The molecule has 1 amide bonds. The number of carbonyl (C=O) groups excluding carboxylic acids is 1. The molecule has 0 radical (unpaired) electrons. The summed E-state index contributed by atoms with van der Waals surface area (Å²) in [6, 6.07) is 3.37. The second-order valence-electron chi connectivity index (χ2n) is 4.86. The van der Waals surface area contributed by atoms with Crippen molar-refractivity contribution in [2.45, 2.75) is 4.90 Å². The van der Waals surface area contributed by atoms with E-state index in [1.54, 1.807) is 54.5 Å². The zero-order valence-corrected chi connectivity index (χ0v) is 12.7. The van der Waals surface area contributed by atoms with Crippen molar-refractivity contribution in [2.75, 3.05) is 11.9 Å². The van der Waals surface area contributed by atoms with Crippen LogP contribution in [0.1, 0.15) is 16.1 Å². The summed E-state index contributed by atoms with van der Waals surface area (Å²) in [6.07, 6.45) is 8.21. The number of hydrogen-bond acceptors (Lipinski definition) is 4. The third-order valence-electron chi connectivity index (χ3n) is 3.34. The molecule has 1 atom stereocenters. The molecule has 1 unspecified atom stereocenters. The molecule has 0 saturated heterocycles. The van der Waals surface area contributed by atoms with Crippen molar-refractivity contribution in [1.82, 2.24) is 14.3 Å². The largest absolute Gasteiger partial charge is 0.345 e. The third kappa shape index (κ3) is 2.53. The van der Waals surface area contributed by atoms with Crippen molar-refractivity contribution >= 4 is 27.6 Å². The Morgan fingerprint density at radius 1 is 1.45 bits per heavy atom. The van der Waals surface area contributed by atoms with Gasteiger partial charge in [0.2, 0.25) is 0 Å². The molecule has 7 nitrogen and oxygen atoms in total. The molecular weight excluding hydrogens is 302 g/mol. The standard InChI is InChI=1S/C14H15N5O2S/c1-19-9-12-11(3-2-6-17-22(12,15)21)13(19)14(20)18-10-4-7-16-8-5-10/h2-5,7-9H,6H2,1H3,(H2,15,17,21)(H,16,18,20). The maximum absolute atomic E-state index is 12.5. The molecule has 0 spiro atoms. The van der Waals surface area contributed by atoms with E-state index in [1.165, 1.54) is 0 Å². The summed E-state index contributed by atoms with van der Waals surface area (Å²) >= 11 is 0. The molecule has 3 N–H and O–H groups in total. The number of fused-ring (bicyclic) bond motifs is 1. The van der Waals surface area contributed by atoms with Crippen LogP contribution in [-0.4, -0.2) is 26.2 Å². The Hall–Kier alpha value is -2.45. The SMILES string of the molecule is Cn1cc2c(c1C(=O)Nc1ccncc1)C=CCNS2(=N)=O. The first-order valence-electron chi connectivity index (χ1n) is 6.60. The van der Waals surface area contributed by atoms with E-state index in [-0.39, 0.29) is 5.91 Å². The lowest BCUT2D eigenvalue weighted by atomic mass is 10.2. The first-order chi connectivity index (χ1) is 10.5. The molecule has 22 heavy (non-hydrogen) atoms. The summed E-state index contributed by atoms with van der Waals surface area (Å²) in [5.74, 6) is -0.322. The van der Waals surface area contributed by atoms with Crippen LogP contribution in [0, 0.1) is 4.78 Å². The number of aryl methyl sites for hydroxylation is 1. The number of amides is 1. The monoisotopic (exact) mass is 317 g/mol. The minimum atomic E-state index is -3.11. The highest BCUT2D eigenvalue weighted by molar-refractivity contribution is 7.90. The van der Waals surface area contributed by atoms with Gasteiger partial charge >= 0.3 is 0 Å². The maximum Gasteiger partial charge on any atom is 0.272 e. The van der Waals surface area contributed by atoms with Gasteiger partial charge in [-0.2, -0.15) is 0 Å². The highest BCUT2D eigenvalue weighted by Crippen LogP contribution is 2.26. The van der Waals surface area contributed by atoms with Crippen molar-refractivity contribution in [2.24, 2.45) is 7.05 Å². The normalized spacial score (nSPS) is 20.2. The average Bonchev–Trinajstić information content (AvgIpc) is 2.75. The minimum Gasteiger partial charge on any atom is -0.345 e. The zero-order valence-electron chi connectivity index (χ0n) is 11.9. The molecule has 0 fully saturated rings. The van der Waals surface area contributed by atoms with E-state index in [1.807, 2.05) is 0 Å². The van der Waals surface area contributed by atoms with Gasteiger partial charge in [0, 0.05) is 43.4 Å². The van der Waals surface area contributed by atoms with E-state index in [4.69, 9.17) is 4.78 Å². The molecule has 3 heterocycles. The predicted octanol–water partition coefficient (Wildman–Crippen LogP) is 1.61. The van der Waals surface area contributed by atoms with Crippen molar-refractivity contribution in [3.63, 3.8) is 0 Å². The molecule has 1 aliphatic heterocycles. The van der Waals surface area contributed by atoms with Crippen LogP contribution in [0.4, 0.5) is 5.69 Å². The highest BCUT2D eigenvalue weighted by Gasteiger charge is 2.25. The van der Waals surface area contributed by atoms with Gasteiger partial charge in [-0.15, -0.1) is 0 Å². The van der Waals surface area contributed by atoms with Gasteiger partial charge in [0.15, 0.2) is 0 Å². The first-order valence-corrected chi connectivity index (χ1v) is 8.15. The van der Waals surface area contributed by atoms with Crippen LogP contribution in [0.25, 0.3) is 6.08 Å². The number of carbonyl (C=O) groups is 1. The van der Waals surface area contributed by atoms with Crippen molar-refractivity contribution in [3.05, 3.63) is 48.1 Å².